The van der Waals surface area contributed by atoms with Gasteiger partial charge in [-0.05, 0) is 30.1 Å². The summed E-state index contributed by atoms with van der Waals surface area (Å²) in [7, 11) is 0. The Labute approximate surface area is 109 Å². The summed E-state index contributed by atoms with van der Waals surface area (Å²) in [6.45, 7) is 10.1. The predicted octanol–water partition coefficient (Wildman–Crippen LogP) is 1.93. The molecule has 18 heavy (non-hydrogen) atoms. The van der Waals surface area contributed by atoms with Crippen molar-refractivity contribution in [2.75, 3.05) is 0 Å². The van der Waals surface area contributed by atoms with E-state index in [0.29, 0.717) is 24.7 Å². The van der Waals surface area contributed by atoms with Gasteiger partial charge >= 0.3 is 0 Å². The van der Waals surface area contributed by atoms with E-state index in [2.05, 4.69) is 20.4 Å². The van der Waals surface area contributed by atoms with Crippen molar-refractivity contribution in [2.24, 2.45) is 23.2 Å². The van der Waals surface area contributed by atoms with Crippen LogP contribution in [0, 0.1) is 23.2 Å². The molecular weight excluding hydrogens is 228 g/mol. The van der Waals surface area contributed by atoms with Crippen LogP contribution in [0.5, 0.6) is 0 Å². The monoisotopic (exact) mass is 252 g/mol. The van der Waals surface area contributed by atoms with E-state index < -0.39 is 18.1 Å². The van der Waals surface area contributed by atoms with Crippen LogP contribution in [0.2, 0.25) is 0 Å². The van der Waals surface area contributed by atoms with Crippen LogP contribution < -0.4 is 0 Å². The van der Waals surface area contributed by atoms with Crippen molar-refractivity contribution in [1.82, 2.24) is 0 Å². The van der Waals surface area contributed by atoms with Crippen molar-refractivity contribution in [2.45, 2.75) is 52.2 Å². The molecule has 0 spiro atoms. The highest BCUT2D eigenvalue weighted by Crippen LogP contribution is 2.56. The first-order chi connectivity index (χ1) is 8.24. The van der Waals surface area contributed by atoms with Gasteiger partial charge in [0.15, 0.2) is 0 Å². The van der Waals surface area contributed by atoms with E-state index in [1.165, 1.54) is 0 Å². The zero-order valence-electron chi connectivity index (χ0n) is 11.5. The van der Waals surface area contributed by atoms with Gasteiger partial charge in [-0.1, -0.05) is 32.9 Å². The number of ketones is 1. The van der Waals surface area contributed by atoms with Crippen molar-refractivity contribution in [3.05, 3.63) is 12.2 Å². The van der Waals surface area contributed by atoms with Gasteiger partial charge < -0.3 is 10.2 Å². The maximum absolute atomic E-state index is 12.2. The number of fused-ring (bicyclic) bond motifs is 1. The van der Waals surface area contributed by atoms with Crippen molar-refractivity contribution < 1.29 is 15.0 Å². The average molecular weight is 252 g/mol. The molecule has 3 heteroatoms. The standard InChI is InChI=1S/C15H24O3/c1-8-5-13(17)14(18)9(2)12(16)6-11-10(8)7-15(11,3)4/h9-11,13-14,17-18H,1,5-7H2,2-4H3. The minimum atomic E-state index is -0.963. The van der Waals surface area contributed by atoms with Gasteiger partial charge in [0, 0.05) is 12.3 Å². The Hall–Kier alpha value is -0.670. The first-order valence-corrected chi connectivity index (χ1v) is 6.80. The maximum Gasteiger partial charge on any atom is 0.138 e. The van der Waals surface area contributed by atoms with Crippen molar-refractivity contribution >= 4 is 5.78 Å². The summed E-state index contributed by atoms with van der Waals surface area (Å²) < 4.78 is 0. The van der Waals surface area contributed by atoms with E-state index in [9.17, 15) is 15.0 Å². The van der Waals surface area contributed by atoms with E-state index >= 15 is 0 Å². The van der Waals surface area contributed by atoms with E-state index in [1.807, 2.05) is 0 Å². The molecule has 0 aliphatic heterocycles. The fraction of sp³-hybridized carbons (Fsp3) is 0.800. The predicted molar refractivity (Wildman–Crippen MR) is 69.9 cm³/mol. The Morgan fingerprint density at radius 1 is 1.28 bits per heavy atom. The van der Waals surface area contributed by atoms with E-state index in [4.69, 9.17) is 0 Å². The van der Waals surface area contributed by atoms with E-state index in [0.717, 1.165) is 12.0 Å². The van der Waals surface area contributed by atoms with Crippen LogP contribution in [0.3, 0.4) is 0 Å². The Balaban J connectivity index is 2.25. The number of carbonyl (C=O) groups is 1. The zero-order valence-corrected chi connectivity index (χ0v) is 11.5. The summed E-state index contributed by atoms with van der Waals surface area (Å²) >= 11 is 0. The fourth-order valence-corrected chi connectivity index (χ4v) is 3.56. The van der Waals surface area contributed by atoms with Crippen molar-refractivity contribution in [3.8, 4) is 0 Å². The van der Waals surface area contributed by atoms with Gasteiger partial charge in [-0.2, -0.15) is 0 Å². The molecule has 3 nitrogen and oxygen atoms in total. The van der Waals surface area contributed by atoms with Crippen LogP contribution in [-0.4, -0.2) is 28.2 Å². The van der Waals surface area contributed by atoms with Crippen molar-refractivity contribution in [3.63, 3.8) is 0 Å². The second-order valence-electron chi connectivity index (χ2n) is 6.79. The normalized spacial score (nSPS) is 44.4. The Bertz CT molecular complexity index is 372. The number of rotatable bonds is 0. The van der Waals surface area contributed by atoms with Gasteiger partial charge in [-0.25, -0.2) is 0 Å². The molecule has 0 saturated heterocycles. The smallest absolute Gasteiger partial charge is 0.138 e. The molecule has 0 aromatic heterocycles. The lowest BCUT2D eigenvalue weighted by molar-refractivity contribution is -0.132. The molecule has 0 amide bonds. The molecule has 2 fully saturated rings. The molecule has 0 aromatic rings. The molecule has 0 bridgehead atoms. The zero-order chi connectivity index (χ0) is 13.7. The second kappa shape index (κ2) is 4.46. The minimum Gasteiger partial charge on any atom is -0.390 e. The number of carbonyl (C=O) groups excluding carboxylic acids is 1. The molecule has 2 saturated carbocycles. The van der Waals surface area contributed by atoms with Gasteiger partial charge in [-0.15, -0.1) is 0 Å². The summed E-state index contributed by atoms with van der Waals surface area (Å²) in [5.41, 5.74) is 1.16. The number of aliphatic hydroxyl groups is 2. The average Bonchev–Trinajstić information content (AvgIpc) is 2.31. The highest BCUT2D eigenvalue weighted by molar-refractivity contribution is 5.82. The molecule has 0 heterocycles. The summed E-state index contributed by atoms with van der Waals surface area (Å²) in [5, 5.41) is 19.9. The Morgan fingerprint density at radius 2 is 1.89 bits per heavy atom. The molecule has 2 N–H and O–H groups in total. The first-order valence-electron chi connectivity index (χ1n) is 6.80. The Kier molecular flexibility index (Phi) is 3.41. The molecule has 2 rings (SSSR count). The van der Waals surface area contributed by atoms with Crippen molar-refractivity contribution in [1.29, 1.82) is 0 Å². The number of hydrogen-bond acceptors (Lipinski definition) is 3. The summed E-state index contributed by atoms with van der Waals surface area (Å²) in [6, 6.07) is 0. The number of hydrogen-bond donors (Lipinski definition) is 2. The summed E-state index contributed by atoms with van der Waals surface area (Å²) in [5.74, 6) is 0.232. The third kappa shape index (κ3) is 2.14. The highest BCUT2D eigenvalue weighted by atomic mass is 16.3. The van der Waals surface area contributed by atoms with Gasteiger partial charge in [-0.3, -0.25) is 4.79 Å². The van der Waals surface area contributed by atoms with Crippen LogP contribution in [-0.2, 0) is 4.79 Å². The van der Waals surface area contributed by atoms with Gasteiger partial charge in [0.25, 0.3) is 0 Å². The van der Waals surface area contributed by atoms with Gasteiger partial charge in [0.1, 0.15) is 5.78 Å². The topological polar surface area (TPSA) is 57.5 Å². The third-order valence-electron chi connectivity index (χ3n) is 5.07. The second-order valence-corrected chi connectivity index (χ2v) is 6.79. The molecule has 5 atom stereocenters. The third-order valence-corrected chi connectivity index (χ3v) is 5.07. The van der Waals surface area contributed by atoms with Crippen LogP contribution in [0.15, 0.2) is 12.2 Å². The fourth-order valence-electron chi connectivity index (χ4n) is 3.56. The van der Waals surface area contributed by atoms with E-state index in [1.54, 1.807) is 6.92 Å². The maximum atomic E-state index is 12.2. The summed E-state index contributed by atoms with van der Waals surface area (Å²) in [6.07, 6.45) is 0.118. The number of Topliss-reactive ketones (excluding diaryl/α,β-unsaturated/α-hetero) is 1. The van der Waals surface area contributed by atoms with Crippen LogP contribution in [0.1, 0.15) is 40.0 Å². The molecule has 102 valence electrons. The molecule has 5 unspecified atom stereocenters. The summed E-state index contributed by atoms with van der Waals surface area (Å²) in [4.78, 5) is 12.2. The lowest BCUT2D eigenvalue weighted by Gasteiger charge is -2.52. The number of aliphatic hydroxyl groups excluding tert-OH is 2. The first kappa shape index (κ1) is 13.8. The SMILES string of the molecule is C=C1CC(O)C(O)C(C)C(=O)CC2C1CC2(C)C. The lowest BCUT2D eigenvalue weighted by Crippen LogP contribution is -2.46. The largest absolute Gasteiger partial charge is 0.390 e. The molecule has 2 aliphatic rings. The molecule has 0 radical (unpaired) electrons. The van der Waals surface area contributed by atoms with E-state index in [-0.39, 0.29) is 11.2 Å². The molecule has 2 aliphatic carbocycles. The van der Waals surface area contributed by atoms with Crippen LogP contribution in [0.25, 0.3) is 0 Å². The molecule has 0 aromatic carbocycles. The lowest BCUT2D eigenvalue weighted by atomic mass is 9.52. The quantitative estimate of drug-likeness (QED) is 0.648. The van der Waals surface area contributed by atoms with Crippen LogP contribution in [0.4, 0.5) is 0 Å². The minimum absolute atomic E-state index is 0.0685. The Morgan fingerprint density at radius 3 is 2.44 bits per heavy atom. The highest BCUT2D eigenvalue weighted by Gasteiger charge is 2.50. The van der Waals surface area contributed by atoms with Gasteiger partial charge in [0.05, 0.1) is 12.2 Å². The molecular formula is C15H24O3. The van der Waals surface area contributed by atoms with Crippen LogP contribution >= 0.6 is 0 Å². The van der Waals surface area contributed by atoms with Gasteiger partial charge in [0.2, 0.25) is 0 Å².